The Kier molecular flexibility index (Phi) is 6.17. The van der Waals surface area contributed by atoms with Crippen LogP contribution in [0.3, 0.4) is 0 Å². The Hall–Kier alpha value is -1.43. The second-order valence-corrected chi connectivity index (χ2v) is 5.41. The maximum absolute atomic E-state index is 11.1. The molecule has 5 nitrogen and oxygen atoms in total. The number of nitrogens with zero attached hydrogens (tertiary/aromatic N) is 1. The van der Waals surface area contributed by atoms with Crippen molar-refractivity contribution in [2.75, 3.05) is 39.5 Å². The first-order valence-electron chi connectivity index (χ1n) is 7.45. The van der Waals surface area contributed by atoms with Gasteiger partial charge in [-0.25, -0.2) is 4.79 Å². The molecule has 1 aromatic carbocycles. The van der Waals surface area contributed by atoms with Crippen molar-refractivity contribution in [3.05, 3.63) is 35.4 Å². The van der Waals surface area contributed by atoms with Crippen LogP contribution in [0.15, 0.2) is 24.3 Å². The lowest BCUT2D eigenvalue weighted by Crippen LogP contribution is -2.36. The summed E-state index contributed by atoms with van der Waals surface area (Å²) in [6.07, 6.45) is 2.21. The van der Waals surface area contributed by atoms with Crippen LogP contribution >= 0.6 is 0 Å². The number of carboxylic acid groups (broad SMARTS) is 1. The molecule has 2 N–H and O–H groups in total. The van der Waals surface area contributed by atoms with Gasteiger partial charge < -0.3 is 19.8 Å². The number of hydrogen-bond acceptors (Lipinski definition) is 4. The molecule has 5 heteroatoms. The smallest absolute Gasteiger partial charge is 0.335 e. The molecule has 1 aliphatic heterocycles. The number of aliphatic hydroxyl groups excluding tert-OH is 1. The van der Waals surface area contributed by atoms with Gasteiger partial charge in [-0.1, -0.05) is 12.1 Å². The normalized spacial score (nSPS) is 19.6. The number of benzene rings is 1. The van der Waals surface area contributed by atoms with Gasteiger partial charge in [0.2, 0.25) is 0 Å². The summed E-state index contributed by atoms with van der Waals surface area (Å²) in [5, 5.41) is 17.8. The number of aromatic carboxylic acids is 1. The van der Waals surface area contributed by atoms with Crippen molar-refractivity contribution in [2.45, 2.75) is 18.8 Å². The summed E-state index contributed by atoms with van der Waals surface area (Å²) in [7, 11) is 0. The fraction of sp³-hybridized carbons (Fsp3) is 0.562. The number of carboxylic acids is 1. The lowest BCUT2D eigenvalue weighted by Gasteiger charge is -2.33. The molecule has 2 rings (SSSR count). The summed E-state index contributed by atoms with van der Waals surface area (Å²) in [5.74, 6) is -0.488. The van der Waals surface area contributed by atoms with Gasteiger partial charge in [0.05, 0.1) is 25.4 Å². The quantitative estimate of drug-likeness (QED) is 0.747. The molecule has 1 aliphatic rings. The molecule has 0 amide bonds. The molecule has 1 heterocycles. The second kappa shape index (κ2) is 8.12. The molecule has 1 fully saturated rings. The zero-order valence-electron chi connectivity index (χ0n) is 12.2. The van der Waals surface area contributed by atoms with E-state index in [9.17, 15) is 4.79 Å². The molecular formula is C16H23NO4. The Morgan fingerprint density at radius 3 is 3.00 bits per heavy atom. The van der Waals surface area contributed by atoms with Crippen LogP contribution in [0, 0.1) is 0 Å². The SMILES string of the molecule is O=C(O)c1cccc([C@H]2CCCN(CCOCCO)C2)c1. The van der Waals surface area contributed by atoms with E-state index in [-0.39, 0.29) is 6.61 Å². The Labute approximate surface area is 125 Å². The Morgan fingerprint density at radius 2 is 2.24 bits per heavy atom. The molecule has 0 aromatic heterocycles. The van der Waals surface area contributed by atoms with E-state index in [1.54, 1.807) is 12.1 Å². The summed E-state index contributed by atoms with van der Waals surface area (Å²) in [6.45, 7) is 3.92. The third kappa shape index (κ3) is 4.81. The summed E-state index contributed by atoms with van der Waals surface area (Å²) in [4.78, 5) is 13.4. The lowest BCUT2D eigenvalue weighted by atomic mass is 9.90. The molecule has 0 radical (unpaired) electrons. The van der Waals surface area contributed by atoms with Crippen molar-refractivity contribution < 1.29 is 19.7 Å². The van der Waals surface area contributed by atoms with E-state index in [0.717, 1.165) is 38.0 Å². The molecule has 0 bridgehead atoms. The average Bonchev–Trinajstić information content (AvgIpc) is 2.52. The summed E-state index contributed by atoms with van der Waals surface area (Å²) in [6, 6.07) is 7.26. The van der Waals surface area contributed by atoms with Gasteiger partial charge in [0.15, 0.2) is 0 Å². The molecule has 0 aliphatic carbocycles. The molecule has 116 valence electrons. The van der Waals surface area contributed by atoms with Gasteiger partial charge in [-0.15, -0.1) is 0 Å². The third-order valence-electron chi connectivity index (χ3n) is 3.90. The highest BCUT2D eigenvalue weighted by molar-refractivity contribution is 5.87. The first kappa shape index (κ1) is 15.9. The predicted octanol–water partition coefficient (Wildman–Crippen LogP) is 1.57. The number of hydrogen-bond donors (Lipinski definition) is 2. The Bertz CT molecular complexity index is 463. The van der Waals surface area contributed by atoms with E-state index in [2.05, 4.69) is 4.90 Å². The fourth-order valence-corrected chi connectivity index (χ4v) is 2.82. The fourth-order valence-electron chi connectivity index (χ4n) is 2.82. The van der Waals surface area contributed by atoms with Crippen LogP contribution in [-0.2, 0) is 4.74 Å². The van der Waals surface area contributed by atoms with Crippen molar-refractivity contribution in [2.24, 2.45) is 0 Å². The van der Waals surface area contributed by atoms with Gasteiger partial charge in [0.25, 0.3) is 0 Å². The number of carbonyl (C=O) groups is 1. The number of piperidine rings is 1. The first-order chi connectivity index (χ1) is 10.2. The lowest BCUT2D eigenvalue weighted by molar-refractivity contribution is 0.0671. The molecular weight excluding hydrogens is 270 g/mol. The first-order valence-corrected chi connectivity index (χ1v) is 7.45. The molecule has 1 saturated heterocycles. The highest BCUT2D eigenvalue weighted by atomic mass is 16.5. The molecule has 0 unspecified atom stereocenters. The van der Waals surface area contributed by atoms with Gasteiger partial charge in [-0.3, -0.25) is 0 Å². The van der Waals surface area contributed by atoms with Crippen molar-refractivity contribution in [3.63, 3.8) is 0 Å². The summed E-state index contributed by atoms with van der Waals surface area (Å²) in [5.41, 5.74) is 1.46. The minimum absolute atomic E-state index is 0.0601. The van der Waals surface area contributed by atoms with E-state index in [4.69, 9.17) is 14.9 Å². The van der Waals surface area contributed by atoms with E-state index in [1.807, 2.05) is 12.1 Å². The second-order valence-electron chi connectivity index (χ2n) is 5.41. The summed E-state index contributed by atoms with van der Waals surface area (Å²) >= 11 is 0. The highest BCUT2D eigenvalue weighted by Gasteiger charge is 2.21. The number of aliphatic hydroxyl groups is 1. The van der Waals surface area contributed by atoms with Crippen LogP contribution in [-0.4, -0.2) is 60.5 Å². The van der Waals surface area contributed by atoms with Crippen LogP contribution in [0.1, 0.15) is 34.7 Å². The van der Waals surface area contributed by atoms with Crippen LogP contribution in [0.2, 0.25) is 0 Å². The Morgan fingerprint density at radius 1 is 1.38 bits per heavy atom. The topological polar surface area (TPSA) is 70.0 Å². The van der Waals surface area contributed by atoms with Gasteiger partial charge in [-0.05, 0) is 43.0 Å². The van der Waals surface area contributed by atoms with E-state index < -0.39 is 5.97 Å². The molecule has 1 atom stereocenters. The van der Waals surface area contributed by atoms with Gasteiger partial charge in [0.1, 0.15) is 0 Å². The monoisotopic (exact) mass is 293 g/mol. The van der Waals surface area contributed by atoms with Crippen LogP contribution < -0.4 is 0 Å². The van der Waals surface area contributed by atoms with Gasteiger partial charge in [-0.2, -0.15) is 0 Å². The summed E-state index contributed by atoms with van der Waals surface area (Å²) < 4.78 is 5.31. The number of likely N-dealkylation sites (tertiary alicyclic amines) is 1. The van der Waals surface area contributed by atoms with E-state index in [0.29, 0.717) is 24.7 Å². The van der Waals surface area contributed by atoms with Gasteiger partial charge in [0, 0.05) is 13.1 Å². The predicted molar refractivity (Wildman–Crippen MR) is 79.7 cm³/mol. The number of ether oxygens (including phenoxy) is 1. The molecule has 1 aromatic rings. The van der Waals surface area contributed by atoms with Crippen molar-refractivity contribution in [3.8, 4) is 0 Å². The minimum atomic E-state index is -0.873. The average molecular weight is 293 g/mol. The van der Waals surface area contributed by atoms with Gasteiger partial charge >= 0.3 is 5.97 Å². The maximum atomic E-state index is 11.1. The third-order valence-corrected chi connectivity index (χ3v) is 3.90. The van der Waals surface area contributed by atoms with Crippen LogP contribution in [0.5, 0.6) is 0 Å². The van der Waals surface area contributed by atoms with E-state index >= 15 is 0 Å². The molecule has 0 saturated carbocycles. The van der Waals surface area contributed by atoms with E-state index in [1.165, 1.54) is 0 Å². The standard InChI is InChI=1S/C16H23NO4/c18-8-10-21-9-7-17-6-2-5-15(12-17)13-3-1-4-14(11-13)16(19)20/h1,3-4,11,15,18H,2,5-10,12H2,(H,19,20)/t15-/m0/s1. The van der Waals surface area contributed by atoms with Crippen molar-refractivity contribution >= 4 is 5.97 Å². The Balaban J connectivity index is 1.91. The largest absolute Gasteiger partial charge is 0.478 e. The molecule has 21 heavy (non-hydrogen) atoms. The minimum Gasteiger partial charge on any atom is -0.478 e. The zero-order valence-corrected chi connectivity index (χ0v) is 12.2. The van der Waals surface area contributed by atoms with Crippen molar-refractivity contribution in [1.82, 2.24) is 4.90 Å². The van der Waals surface area contributed by atoms with Crippen LogP contribution in [0.25, 0.3) is 0 Å². The number of rotatable bonds is 7. The van der Waals surface area contributed by atoms with Crippen molar-refractivity contribution in [1.29, 1.82) is 0 Å². The zero-order chi connectivity index (χ0) is 15.1. The highest BCUT2D eigenvalue weighted by Crippen LogP contribution is 2.27. The molecule has 0 spiro atoms. The maximum Gasteiger partial charge on any atom is 0.335 e. The van der Waals surface area contributed by atoms with Crippen LogP contribution in [0.4, 0.5) is 0 Å².